The Morgan fingerprint density at radius 1 is 1.25 bits per heavy atom. The molecule has 0 bridgehead atoms. The van der Waals surface area contributed by atoms with Gasteiger partial charge in [-0.1, -0.05) is 18.2 Å². The van der Waals surface area contributed by atoms with Gasteiger partial charge in [0.05, 0.1) is 11.2 Å². The van der Waals surface area contributed by atoms with Gasteiger partial charge in [0.2, 0.25) is 0 Å². The number of amides is 1. The highest BCUT2D eigenvalue weighted by Crippen LogP contribution is 2.11. The number of hydrogen-bond donors (Lipinski definition) is 3. The number of aliphatic imine (C=N–C) groups is 1. The zero-order chi connectivity index (χ0) is 17.4. The van der Waals surface area contributed by atoms with E-state index < -0.39 is 0 Å². The van der Waals surface area contributed by atoms with Crippen molar-refractivity contribution in [1.82, 2.24) is 20.9 Å². The minimum absolute atomic E-state index is 0.133. The van der Waals surface area contributed by atoms with E-state index in [1.54, 1.807) is 37.7 Å². The summed E-state index contributed by atoms with van der Waals surface area (Å²) in [5.74, 6) is 0.153. The highest BCUT2D eigenvalue weighted by molar-refractivity contribution is 7.11. The zero-order valence-corrected chi connectivity index (χ0v) is 14.4. The molecule has 0 spiro atoms. The number of carbonyl (C=O) groups excluding carboxylic acids is 1. The number of aryl methyl sites for hydroxylation is 1. The summed E-state index contributed by atoms with van der Waals surface area (Å²) in [5, 5.41) is 8.91. The van der Waals surface area contributed by atoms with Gasteiger partial charge in [0, 0.05) is 32.2 Å². The molecule has 1 heterocycles. The predicted octanol–water partition coefficient (Wildman–Crippen LogP) is 1.69. The second-order valence-electron chi connectivity index (χ2n) is 4.97. The van der Waals surface area contributed by atoms with Gasteiger partial charge >= 0.3 is 0 Å². The molecule has 2 rings (SSSR count). The molecule has 24 heavy (non-hydrogen) atoms. The van der Waals surface area contributed by atoms with Gasteiger partial charge < -0.3 is 16.0 Å². The lowest BCUT2D eigenvalue weighted by molar-refractivity contribution is 0.0957. The van der Waals surface area contributed by atoms with E-state index in [2.05, 4.69) is 25.9 Å². The minimum atomic E-state index is -0.257. The average molecular weight is 349 g/mol. The van der Waals surface area contributed by atoms with Crippen molar-refractivity contribution in [1.29, 1.82) is 0 Å². The molecule has 0 saturated carbocycles. The number of rotatable bonds is 6. The van der Waals surface area contributed by atoms with Crippen LogP contribution in [-0.4, -0.2) is 37.0 Å². The van der Waals surface area contributed by atoms with Crippen LogP contribution in [0.2, 0.25) is 0 Å². The van der Waals surface area contributed by atoms with Gasteiger partial charge in [0.1, 0.15) is 10.7 Å². The van der Waals surface area contributed by atoms with Crippen molar-refractivity contribution in [3.05, 3.63) is 51.7 Å². The Kier molecular flexibility index (Phi) is 6.68. The van der Waals surface area contributed by atoms with Crippen molar-refractivity contribution in [2.24, 2.45) is 4.99 Å². The molecule has 0 unspecified atom stereocenters. The van der Waals surface area contributed by atoms with Crippen LogP contribution >= 0.6 is 11.3 Å². The molecule has 2 aromatic rings. The number of guanidine groups is 1. The summed E-state index contributed by atoms with van der Waals surface area (Å²) in [6, 6.07) is 6.57. The topological polar surface area (TPSA) is 78.4 Å². The molecule has 128 valence electrons. The van der Waals surface area contributed by atoms with Crippen LogP contribution in [0.1, 0.15) is 20.9 Å². The fraction of sp³-hybridized carbons (Fsp3) is 0.312. The normalized spacial score (nSPS) is 11.2. The Morgan fingerprint density at radius 3 is 2.67 bits per heavy atom. The molecule has 0 atom stereocenters. The van der Waals surface area contributed by atoms with Crippen LogP contribution in [0.25, 0.3) is 0 Å². The van der Waals surface area contributed by atoms with Crippen LogP contribution in [0.5, 0.6) is 0 Å². The maximum absolute atomic E-state index is 13.6. The predicted molar refractivity (Wildman–Crippen MR) is 93.8 cm³/mol. The lowest BCUT2D eigenvalue weighted by Gasteiger charge is -2.12. The van der Waals surface area contributed by atoms with Crippen LogP contribution in [0, 0.1) is 12.7 Å². The van der Waals surface area contributed by atoms with E-state index in [1.165, 1.54) is 17.4 Å². The third kappa shape index (κ3) is 5.02. The summed E-state index contributed by atoms with van der Waals surface area (Å²) < 4.78 is 13.6. The van der Waals surface area contributed by atoms with Gasteiger partial charge in [-0.3, -0.25) is 9.79 Å². The first kappa shape index (κ1) is 17.9. The Bertz CT molecular complexity index is 716. The second-order valence-corrected chi connectivity index (χ2v) is 5.82. The zero-order valence-electron chi connectivity index (χ0n) is 13.6. The van der Waals surface area contributed by atoms with Gasteiger partial charge in [-0.15, -0.1) is 11.3 Å². The number of nitrogens with one attached hydrogen (secondary N) is 3. The molecule has 6 nitrogen and oxygen atoms in total. The van der Waals surface area contributed by atoms with Crippen molar-refractivity contribution in [2.45, 2.75) is 13.5 Å². The molecule has 0 aliphatic carbocycles. The lowest BCUT2D eigenvalue weighted by atomic mass is 10.2. The van der Waals surface area contributed by atoms with Crippen LogP contribution < -0.4 is 16.0 Å². The Hall–Kier alpha value is -2.48. The first-order valence-corrected chi connectivity index (χ1v) is 8.36. The smallest absolute Gasteiger partial charge is 0.263 e. The van der Waals surface area contributed by atoms with Gasteiger partial charge in [-0.05, 0) is 13.0 Å². The molecule has 8 heteroatoms. The third-order valence-electron chi connectivity index (χ3n) is 3.28. The number of benzene rings is 1. The van der Waals surface area contributed by atoms with Crippen molar-refractivity contribution in [3.8, 4) is 0 Å². The fourth-order valence-corrected chi connectivity index (χ4v) is 2.72. The van der Waals surface area contributed by atoms with E-state index in [-0.39, 0.29) is 11.7 Å². The molecule has 0 aliphatic heterocycles. The van der Waals surface area contributed by atoms with Crippen LogP contribution in [-0.2, 0) is 6.54 Å². The van der Waals surface area contributed by atoms with Crippen LogP contribution in [0.15, 0.2) is 34.8 Å². The minimum Gasteiger partial charge on any atom is -0.355 e. The summed E-state index contributed by atoms with van der Waals surface area (Å²) in [6.07, 6.45) is 0. The highest BCUT2D eigenvalue weighted by atomic mass is 32.1. The molecule has 0 fully saturated rings. The molecule has 1 amide bonds. The van der Waals surface area contributed by atoms with Gasteiger partial charge in [-0.2, -0.15) is 0 Å². The van der Waals surface area contributed by atoms with Gasteiger partial charge in [0.25, 0.3) is 5.91 Å². The van der Waals surface area contributed by atoms with E-state index in [0.29, 0.717) is 36.0 Å². The SMILES string of the molecule is CN=C(NCCNC(=O)c1scnc1C)NCc1ccccc1F. The van der Waals surface area contributed by atoms with Crippen molar-refractivity contribution in [2.75, 3.05) is 20.1 Å². The lowest BCUT2D eigenvalue weighted by Crippen LogP contribution is -2.41. The molecule has 1 aromatic heterocycles. The van der Waals surface area contributed by atoms with E-state index in [9.17, 15) is 9.18 Å². The largest absolute Gasteiger partial charge is 0.355 e. The quantitative estimate of drug-likeness (QED) is 0.421. The van der Waals surface area contributed by atoms with Crippen molar-refractivity contribution < 1.29 is 9.18 Å². The number of nitrogens with zero attached hydrogens (tertiary/aromatic N) is 2. The molecular formula is C16H20FN5OS. The molecular weight excluding hydrogens is 329 g/mol. The Balaban J connectivity index is 1.71. The second kappa shape index (κ2) is 8.97. The van der Waals surface area contributed by atoms with Crippen LogP contribution in [0.4, 0.5) is 4.39 Å². The maximum atomic E-state index is 13.6. The Labute approximate surface area is 144 Å². The highest BCUT2D eigenvalue weighted by Gasteiger charge is 2.10. The fourth-order valence-electron chi connectivity index (χ4n) is 2.00. The molecule has 0 saturated heterocycles. The molecule has 3 N–H and O–H groups in total. The Morgan fingerprint density at radius 2 is 2.00 bits per heavy atom. The number of halogens is 1. The number of carbonyl (C=O) groups is 1. The van der Waals surface area contributed by atoms with E-state index in [0.717, 1.165) is 5.69 Å². The average Bonchev–Trinajstić information content (AvgIpc) is 3.01. The summed E-state index contributed by atoms with van der Waals surface area (Å²) in [6.45, 7) is 3.08. The van der Waals surface area contributed by atoms with Crippen molar-refractivity contribution >= 4 is 23.2 Å². The summed E-state index contributed by atoms with van der Waals surface area (Å²) in [5.41, 5.74) is 2.94. The number of hydrogen-bond acceptors (Lipinski definition) is 4. The standard InChI is InChI=1S/C16H20FN5OS/c1-11-14(24-10-22-11)15(23)19-7-8-20-16(18-2)21-9-12-5-3-4-6-13(12)17/h3-6,10H,7-9H2,1-2H3,(H,19,23)(H2,18,20,21). The number of thiazole rings is 1. The van der Waals surface area contributed by atoms with Gasteiger partial charge in [0.15, 0.2) is 5.96 Å². The van der Waals surface area contributed by atoms with Gasteiger partial charge in [-0.25, -0.2) is 9.37 Å². The molecule has 0 aliphatic rings. The number of aromatic nitrogens is 1. The summed E-state index contributed by atoms with van der Waals surface area (Å²) >= 11 is 1.32. The van der Waals surface area contributed by atoms with Crippen molar-refractivity contribution in [3.63, 3.8) is 0 Å². The van der Waals surface area contributed by atoms with E-state index in [4.69, 9.17) is 0 Å². The molecule has 0 radical (unpaired) electrons. The monoisotopic (exact) mass is 349 g/mol. The van der Waals surface area contributed by atoms with E-state index >= 15 is 0 Å². The third-order valence-corrected chi connectivity index (χ3v) is 4.21. The molecule has 1 aromatic carbocycles. The first-order chi connectivity index (χ1) is 11.6. The maximum Gasteiger partial charge on any atom is 0.263 e. The van der Waals surface area contributed by atoms with E-state index in [1.807, 2.05) is 0 Å². The summed E-state index contributed by atoms with van der Waals surface area (Å²) in [7, 11) is 1.63. The van der Waals surface area contributed by atoms with Crippen LogP contribution in [0.3, 0.4) is 0 Å². The summed E-state index contributed by atoms with van der Waals surface area (Å²) in [4.78, 5) is 20.7. The first-order valence-electron chi connectivity index (χ1n) is 7.48.